The smallest absolute Gasteiger partial charge is 0.220 e. The average Bonchev–Trinajstić information content (AvgIpc) is 2.99. The van der Waals surface area contributed by atoms with E-state index >= 15 is 0 Å². The fourth-order valence-electron chi connectivity index (χ4n) is 2.60. The van der Waals surface area contributed by atoms with Crippen molar-refractivity contribution in [1.29, 1.82) is 0 Å². The lowest BCUT2D eigenvalue weighted by Crippen LogP contribution is -2.22. The number of amides is 1. The van der Waals surface area contributed by atoms with Gasteiger partial charge in [-0.1, -0.05) is 47.5 Å². The quantitative estimate of drug-likeness (QED) is 0.690. The molecule has 0 bridgehead atoms. The van der Waals surface area contributed by atoms with Crippen molar-refractivity contribution in [1.82, 2.24) is 14.7 Å². The molecular weight excluding hydrogens is 322 g/mol. The van der Waals surface area contributed by atoms with E-state index in [1.807, 2.05) is 24.4 Å². The minimum absolute atomic E-state index is 0.0465. The van der Waals surface area contributed by atoms with Crippen LogP contribution in [0.25, 0.3) is 5.65 Å². The van der Waals surface area contributed by atoms with Crippen LogP contribution >= 0.6 is 11.6 Å². The van der Waals surface area contributed by atoms with Gasteiger partial charge >= 0.3 is 0 Å². The molecule has 3 aromatic rings. The van der Waals surface area contributed by atoms with Crippen LogP contribution in [0.5, 0.6) is 0 Å². The predicted octanol–water partition coefficient (Wildman–Crippen LogP) is 3.94. The van der Waals surface area contributed by atoms with Gasteiger partial charge in [0.15, 0.2) is 0 Å². The van der Waals surface area contributed by atoms with Crippen LogP contribution in [0, 0.1) is 6.92 Å². The van der Waals surface area contributed by atoms with Crippen molar-refractivity contribution < 1.29 is 4.79 Å². The first kappa shape index (κ1) is 16.5. The topological polar surface area (TPSA) is 46.4 Å². The first-order valence-corrected chi connectivity index (χ1v) is 8.44. The van der Waals surface area contributed by atoms with Crippen LogP contribution in [-0.2, 0) is 17.8 Å². The van der Waals surface area contributed by atoms with E-state index < -0.39 is 0 Å². The molecule has 0 spiro atoms. The number of carbonyl (C=O) groups excluding carboxylic acids is 1. The Labute approximate surface area is 146 Å². The molecule has 0 radical (unpaired) electrons. The number of aromatic nitrogens is 2. The Morgan fingerprint density at radius 2 is 2.00 bits per heavy atom. The Hall–Kier alpha value is -2.33. The van der Waals surface area contributed by atoms with E-state index in [9.17, 15) is 4.79 Å². The number of carbonyl (C=O) groups is 1. The van der Waals surface area contributed by atoms with Gasteiger partial charge in [-0.25, -0.2) is 4.98 Å². The van der Waals surface area contributed by atoms with Crippen molar-refractivity contribution >= 4 is 23.2 Å². The minimum atomic E-state index is 0.0465. The Morgan fingerprint density at radius 1 is 1.21 bits per heavy atom. The highest BCUT2D eigenvalue weighted by atomic mass is 35.5. The molecule has 0 aliphatic rings. The number of halogens is 1. The first-order valence-electron chi connectivity index (χ1n) is 8.06. The maximum atomic E-state index is 12.0. The summed E-state index contributed by atoms with van der Waals surface area (Å²) in [6, 6.07) is 14.0. The standard InChI is InChI=1S/C19H20ClN3O/c1-14-8-10-15(11-9-14)4-2-7-19(24)21-12-16-13-23-17(20)5-3-6-18(23)22-16/h3,5-6,8-11,13H,2,4,7,12H2,1H3,(H,21,24). The van der Waals surface area contributed by atoms with E-state index in [0.29, 0.717) is 18.1 Å². The van der Waals surface area contributed by atoms with E-state index in [4.69, 9.17) is 11.6 Å². The number of pyridine rings is 1. The highest BCUT2D eigenvalue weighted by molar-refractivity contribution is 6.29. The number of benzene rings is 1. The molecular formula is C19H20ClN3O. The van der Waals surface area contributed by atoms with Crippen LogP contribution in [0.4, 0.5) is 0 Å². The summed E-state index contributed by atoms with van der Waals surface area (Å²) in [7, 11) is 0. The molecule has 1 amide bonds. The highest BCUT2D eigenvalue weighted by Crippen LogP contribution is 2.13. The first-order chi connectivity index (χ1) is 11.6. The third-order valence-corrected chi connectivity index (χ3v) is 4.26. The predicted molar refractivity (Wildman–Crippen MR) is 96.2 cm³/mol. The number of rotatable bonds is 6. The number of nitrogens with zero attached hydrogens (tertiary/aromatic N) is 2. The molecule has 24 heavy (non-hydrogen) atoms. The van der Waals surface area contributed by atoms with Crippen LogP contribution in [-0.4, -0.2) is 15.3 Å². The number of hydrogen-bond acceptors (Lipinski definition) is 2. The van der Waals surface area contributed by atoms with Gasteiger partial charge in [-0.05, 0) is 37.5 Å². The van der Waals surface area contributed by atoms with Crippen LogP contribution in [0.15, 0.2) is 48.7 Å². The zero-order valence-electron chi connectivity index (χ0n) is 13.6. The summed E-state index contributed by atoms with van der Waals surface area (Å²) in [5.41, 5.74) is 4.11. The second kappa shape index (κ2) is 7.49. The van der Waals surface area contributed by atoms with Gasteiger partial charge in [-0.2, -0.15) is 0 Å². The zero-order valence-corrected chi connectivity index (χ0v) is 14.4. The normalized spacial score (nSPS) is 10.9. The van der Waals surface area contributed by atoms with E-state index in [0.717, 1.165) is 24.2 Å². The van der Waals surface area contributed by atoms with Gasteiger partial charge in [0.2, 0.25) is 5.91 Å². The van der Waals surface area contributed by atoms with Crippen molar-refractivity contribution in [2.45, 2.75) is 32.7 Å². The van der Waals surface area contributed by atoms with Crippen molar-refractivity contribution in [3.05, 3.63) is 70.6 Å². The summed E-state index contributed by atoms with van der Waals surface area (Å²) in [5.74, 6) is 0.0465. The van der Waals surface area contributed by atoms with Crippen molar-refractivity contribution in [2.75, 3.05) is 0 Å². The highest BCUT2D eigenvalue weighted by Gasteiger charge is 2.06. The summed E-state index contributed by atoms with van der Waals surface area (Å²) in [4.78, 5) is 16.4. The fraction of sp³-hybridized carbons (Fsp3) is 0.263. The number of hydrogen-bond donors (Lipinski definition) is 1. The van der Waals surface area contributed by atoms with E-state index in [1.165, 1.54) is 11.1 Å². The lowest BCUT2D eigenvalue weighted by atomic mass is 10.1. The molecule has 4 nitrogen and oxygen atoms in total. The summed E-state index contributed by atoms with van der Waals surface area (Å²) in [6.07, 6.45) is 4.12. The maximum Gasteiger partial charge on any atom is 0.220 e. The molecule has 0 aliphatic carbocycles. The minimum Gasteiger partial charge on any atom is -0.350 e. The van der Waals surface area contributed by atoms with Gasteiger partial charge in [-0.3, -0.25) is 9.20 Å². The van der Waals surface area contributed by atoms with E-state index in [2.05, 4.69) is 41.5 Å². The largest absolute Gasteiger partial charge is 0.350 e. The lowest BCUT2D eigenvalue weighted by Gasteiger charge is -2.04. The molecule has 0 fully saturated rings. The Morgan fingerprint density at radius 3 is 2.75 bits per heavy atom. The Bertz CT molecular complexity index is 839. The van der Waals surface area contributed by atoms with Gasteiger partial charge in [0, 0.05) is 12.6 Å². The average molecular weight is 342 g/mol. The molecule has 0 aliphatic heterocycles. The lowest BCUT2D eigenvalue weighted by molar-refractivity contribution is -0.121. The summed E-state index contributed by atoms with van der Waals surface area (Å²) < 4.78 is 1.81. The zero-order chi connectivity index (χ0) is 16.9. The van der Waals surface area contributed by atoms with Crippen molar-refractivity contribution in [3.63, 3.8) is 0 Å². The molecule has 124 valence electrons. The van der Waals surface area contributed by atoms with Gasteiger partial charge in [0.05, 0.1) is 12.2 Å². The van der Waals surface area contributed by atoms with Crippen LogP contribution in [0.3, 0.4) is 0 Å². The van der Waals surface area contributed by atoms with Crippen LogP contribution < -0.4 is 5.32 Å². The van der Waals surface area contributed by atoms with Crippen molar-refractivity contribution in [2.24, 2.45) is 0 Å². The molecule has 2 aromatic heterocycles. The molecule has 1 N–H and O–H groups in total. The number of nitrogens with one attached hydrogen (secondary N) is 1. The van der Waals surface area contributed by atoms with Gasteiger partial charge in [0.1, 0.15) is 10.8 Å². The Kier molecular flexibility index (Phi) is 5.16. The second-order valence-electron chi connectivity index (χ2n) is 5.92. The van der Waals surface area contributed by atoms with E-state index in [-0.39, 0.29) is 5.91 Å². The molecule has 0 saturated heterocycles. The van der Waals surface area contributed by atoms with Crippen molar-refractivity contribution in [3.8, 4) is 0 Å². The molecule has 3 rings (SSSR count). The molecule has 2 heterocycles. The third-order valence-electron chi connectivity index (χ3n) is 3.95. The summed E-state index contributed by atoms with van der Waals surface area (Å²) in [5, 5.41) is 3.52. The molecule has 0 atom stereocenters. The fourth-order valence-corrected chi connectivity index (χ4v) is 2.81. The monoisotopic (exact) mass is 341 g/mol. The molecule has 5 heteroatoms. The SMILES string of the molecule is Cc1ccc(CCCC(=O)NCc2cn3c(Cl)cccc3n2)cc1. The molecule has 1 aromatic carbocycles. The Balaban J connectivity index is 1.46. The number of imidazole rings is 1. The number of fused-ring (bicyclic) bond motifs is 1. The summed E-state index contributed by atoms with van der Waals surface area (Å²) >= 11 is 6.11. The van der Waals surface area contributed by atoms with Gasteiger partial charge < -0.3 is 5.32 Å². The number of aryl methyl sites for hydroxylation is 2. The van der Waals surface area contributed by atoms with Crippen LogP contribution in [0.2, 0.25) is 5.15 Å². The molecule has 0 saturated carbocycles. The molecule has 0 unspecified atom stereocenters. The maximum absolute atomic E-state index is 12.0. The van der Waals surface area contributed by atoms with Gasteiger partial charge in [-0.15, -0.1) is 0 Å². The second-order valence-corrected chi connectivity index (χ2v) is 6.31. The van der Waals surface area contributed by atoms with E-state index in [1.54, 1.807) is 4.40 Å². The van der Waals surface area contributed by atoms with Crippen LogP contribution in [0.1, 0.15) is 29.7 Å². The summed E-state index contributed by atoms with van der Waals surface area (Å²) in [6.45, 7) is 2.49. The third kappa shape index (κ3) is 4.15. The van der Waals surface area contributed by atoms with Gasteiger partial charge in [0.25, 0.3) is 0 Å².